The summed E-state index contributed by atoms with van der Waals surface area (Å²) in [6.45, 7) is 0. The van der Waals surface area contributed by atoms with E-state index < -0.39 is 0 Å². The molecular formula is C15H10BrFN2. The number of nitrogens with zero attached hydrogens (tertiary/aromatic N) is 2. The van der Waals surface area contributed by atoms with E-state index in [-0.39, 0.29) is 5.82 Å². The standard InChI is InChI=1S/C15H10BrFN2/c16-13-3-7-15(8-4-13)19-10-12(9-18-19)11-1-5-14(17)6-2-11/h1-10H. The van der Waals surface area contributed by atoms with Crippen LogP contribution in [0.15, 0.2) is 65.4 Å². The number of aromatic nitrogens is 2. The van der Waals surface area contributed by atoms with Crippen molar-refractivity contribution in [1.82, 2.24) is 9.78 Å². The molecule has 1 aromatic heterocycles. The maximum Gasteiger partial charge on any atom is 0.123 e. The van der Waals surface area contributed by atoms with E-state index in [0.29, 0.717) is 0 Å². The number of hydrogen-bond donors (Lipinski definition) is 0. The summed E-state index contributed by atoms with van der Waals surface area (Å²) >= 11 is 3.40. The highest BCUT2D eigenvalue weighted by molar-refractivity contribution is 9.10. The van der Waals surface area contributed by atoms with Crippen molar-refractivity contribution in [3.8, 4) is 16.8 Å². The number of benzene rings is 2. The Balaban J connectivity index is 1.95. The van der Waals surface area contributed by atoms with E-state index in [9.17, 15) is 4.39 Å². The molecule has 0 saturated heterocycles. The first-order chi connectivity index (χ1) is 9.22. The average molecular weight is 317 g/mol. The first-order valence-corrected chi connectivity index (χ1v) is 6.58. The van der Waals surface area contributed by atoms with Gasteiger partial charge in [0.1, 0.15) is 5.82 Å². The van der Waals surface area contributed by atoms with Crippen LogP contribution in [-0.2, 0) is 0 Å². The molecule has 4 heteroatoms. The average Bonchev–Trinajstić information content (AvgIpc) is 2.90. The summed E-state index contributed by atoms with van der Waals surface area (Å²) in [5, 5.41) is 4.32. The van der Waals surface area contributed by atoms with Crippen LogP contribution in [0.4, 0.5) is 4.39 Å². The summed E-state index contributed by atoms with van der Waals surface area (Å²) < 4.78 is 15.7. The first kappa shape index (κ1) is 12.1. The fourth-order valence-electron chi connectivity index (χ4n) is 1.85. The summed E-state index contributed by atoms with van der Waals surface area (Å²) in [4.78, 5) is 0. The Labute approximate surface area is 118 Å². The fourth-order valence-corrected chi connectivity index (χ4v) is 2.11. The maximum atomic E-state index is 12.9. The zero-order chi connectivity index (χ0) is 13.2. The lowest BCUT2D eigenvalue weighted by atomic mass is 10.1. The number of hydrogen-bond acceptors (Lipinski definition) is 1. The Morgan fingerprint density at radius 2 is 1.58 bits per heavy atom. The molecule has 0 spiro atoms. The van der Waals surface area contributed by atoms with E-state index in [4.69, 9.17) is 0 Å². The largest absolute Gasteiger partial charge is 0.240 e. The van der Waals surface area contributed by atoms with Gasteiger partial charge in [0.25, 0.3) is 0 Å². The minimum atomic E-state index is -0.232. The van der Waals surface area contributed by atoms with Crippen LogP contribution in [0.5, 0.6) is 0 Å². The molecule has 0 bridgehead atoms. The molecule has 0 saturated carbocycles. The van der Waals surface area contributed by atoms with Gasteiger partial charge in [-0.1, -0.05) is 28.1 Å². The highest BCUT2D eigenvalue weighted by Gasteiger charge is 2.03. The van der Waals surface area contributed by atoms with Crippen molar-refractivity contribution < 1.29 is 4.39 Å². The summed E-state index contributed by atoms with van der Waals surface area (Å²) in [7, 11) is 0. The molecule has 2 nitrogen and oxygen atoms in total. The SMILES string of the molecule is Fc1ccc(-c2cnn(-c3ccc(Br)cc3)c2)cc1. The summed E-state index contributed by atoms with van der Waals surface area (Å²) in [5.74, 6) is -0.232. The van der Waals surface area contributed by atoms with Gasteiger partial charge in [0, 0.05) is 16.2 Å². The van der Waals surface area contributed by atoms with Crippen molar-refractivity contribution in [2.75, 3.05) is 0 Å². The molecule has 1 heterocycles. The molecule has 0 atom stereocenters. The van der Waals surface area contributed by atoms with Crippen LogP contribution in [0, 0.1) is 5.82 Å². The summed E-state index contributed by atoms with van der Waals surface area (Å²) in [5.41, 5.74) is 2.89. The third kappa shape index (κ3) is 2.58. The molecule has 0 N–H and O–H groups in total. The molecular weight excluding hydrogens is 307 g/mol. The van der Waals surface area contributed by atoms with Crippen LogP contribution in [-0.4, -0.2) is 9.78 Å². The van der Waals surface area contributed by atoms with Gasteiger partial charge in [-0.25, -0.2) is 9.07 Å². The van der Waals surface area contributed by atoms with Gasteiger partial charge in [-0.15, -0.1) is 0 Å². The molecule has 2 aromatic carbocycles. The maximum absolute atomic E-state index is 12.9. The fraction of sp³-hybridized carbons (Fsp3) is 0. The molecule has 0 aliphatic rings. The van der Waals surface area contributed by atoms with Gasteiger partial charge in [0.2, 0.25) is 0 Å². The van der Waals surface area contributed by atoms with E-state index in [2.05, 4.69) is 21.0 Å². The lowest BCUT2D eigenvalue weighted by Crippen LogP contribution is -1.92. The lowest BCUT2D eigenvalue weighted by Gasteiger charge is -2.00. The predicted octanol–water partition coefficient (Wildman–Crippen LogP) is 4.44. The predicted molar refractivity (Wildman–Crippen MR) is 76.7 cm³/mol. The molecule has 3 rings (SSSR count). The third-order valence-electron chi connectivity index (χ3n) is 2.85. The van der Waals surface area contributed by atoms with Gasteiger partial charge in [-0.3, -0.25) is 0 Å². The Bertz CT molecular complexity index is 627. The van der Waals surface area contributed by atoms with Crippen LogP contribution in [0.1, 0.15) is 0 Å². The van der Waals surface area contributed by atoms with Gasteiger partial charge in [-0.2, -0.15) is 5.10 Å². The molecule has 0 fully saturated rings. The summed E-state index contributed by atoms with van der Waals surface area (Å²) in [6.07, 6.45) is 3.70. The van der Waals surface area contributed by atoms with E-state index in [0.717, 1.165) is 21.3 Å². The van der Waals surface area contributed by atoms with E-state index in [1.807, 2.05) is 30.5 Å². The molecule has 3 aromatic rings. The van der Waals surface area contributed by atoms with Gasteiger partial charge < -0.3 is 0 Å². The van der Waals surface area contributed by atoms with Crippen LogP contribution < -0.4 is 0 Å². The Morgan fingerprint density at radius 3 is 2.26 bits per heavy atom. The van der Waals surface area contributed by atoms with Crippen LogP contribution >= 0.6 is 15.9 Å². The molecule has 0 amide bonds. The monoisotopic (exact) mass is 316 g/mol. The Morgan fingerprint density at radius 1 is 0.895 bits per heavy atom. The highest BCUT2D eigenvalue weighted by atomic mass is 79.9. The smallest absolute Gasteiger partial charge is 0.123 e. The van der Waals surface area contributed by atoms with Crippen molar-refractivity contribution >= 4 is 15.9 Å². The van der Waals surface area contributed by atoms with E-state index >= 15 is 0 Å². The van der Waals surface area contributed by atoms with Crippen LogP contribution in [0.2, 0.25) is 0 Å². The second-order valence-corrected chi connectivity index (χ2v) is 5.07. The van der Waals surface area contributed by atoms with Crippen molar-refractivity contribution in [2.45, 2.75) is 0 Å². The van der Waals surface area contributed by atoms with E-state index in [1.54, 1.807) is 23.0 Å². The minimum Gasteiger partial charge on any atom is -0.240 e. The molecule has 19 heavy (non-hydrogen) atoms. The van der Waals surface area contributed by atoms with E-state index in [1.165, 1.54) is 12.1 Å². The Kier molecular flexibility index (Phi) is 3.17. The lowest BCUT2D eigenvalue weighted by molar-refractivity contribution is 0.628. The first-order valence-electron chi connectivity index (χ1n) is 5.79. The normalized spacial score (nSPS) is 10.6. The highest BCUT2D eigenvalue weighted by Crippen LogP contribution is 2.21. The molecule has 94 valence electrons. The summed E-state index contributed by atoms with van der Waals surface area (Å²) in [6, 6.07) is 14.3. The van der Waals surface area contributed by atoms with Crippen molar-refractivity contribution in [3.05, 3.63) is 71.2 Å². The van der Waals surface area contributed by atoms with Crippen LogP contribution in [0.25, 0.3) is 16.8 Å². The minimum absolute atomic E-state index is 0.232. The number of rotatable bonds is 2. The topological polar surface area (TPSA) is 17.8 Å². The van der Waals surface area contributed by atoms with Crippen molar-refractivity contribution in [1.29, 1.82) is 0 Å². The molecule has 0 aliphatic heterocycles. The number of halogens is 2. The second-order valence-electron chi connectivity index (χ2n) is 4.16. The van der Waals surface area contributed by atoms with Crippen molar-refractivity contribution in [2.24, 2.45) is 0 Å². The zero-order valence-corrected chi connectivity index (χ0v) is 11.5. The van der Waals surface area contributed by atoms with Gasteiger partial charge in [0.05, 0.1) is 11.9 Å². The Hall–Kier alpha value is -1.94. The van der Waals surface area contributed by atoms with Gasteiger partial charge >= 0.3 is 0 Å². The molecule has 0 unspecified atom stereocenters. The van der Waals surface area contributed by atoms with Gasteiger partial charge in [0.15, 0.2) is 0 Å². The molecule has 0 aliphatic carbocycles. The second kappa shape index (κ2) is 4.97. The van der Waals surface area contributed by atoms with Gasteiger partial charge in [-0.05, 0) is 42.0 Å². The third-order valence-corrected chi connectivity index (χ3v) is 3.38. The van der Waals surface area contributed by atoms with Crippen molar-refractivity contribution in [3.63, 3.8) is 0 Å². The quantitative estimate of drug-likeness (QED) is 0.683. The molecule has 0 radical (unpaired) electrons. The van der Waals surface area contributed by atoms with Crippen LogP contribution in [0.3, 0.4) is 0 Å². The zero-order valence-electron chi connectivity index (χ0n) is 9.92.